The van der Waals surface area contributed by atoms with E-state index in [1.165, 1.54) is 0 Å². The molecule has 0 heterocycles. The van der Waals surface area contributed by atoms with Crippen molar-refractivity contribution in [1.82, 2.24) is 0 Å². The van der Waals surface area contributed by atoms with Crippen molar-refractivity contribution in [3.63, 3.8) is 0 Å². The minimum absolute atomic E-state index is 0.216. The predicted octanol–water partition coefficient (Wildman–Crippen LogP) is 3.33. The lowest BCUT2D eigenvalue weighted by Crippen LogP contribution is -1.83. The Balaban J connectivity index is 3.03. The van der Waals surface area contributed by atoms with Crippen LogP contribution in [0.4, 0.5) is 0 Å². The quantitative estimate of drug-likeness (QED) is 0.618. The zero-order valence-electron chi connectivity index (χ0n) is 5.71. The smallest absolute Gasteiger partial charge is 0.0449 e. The topological polar surface area (TPSA) is 0 Å². The second-order valence-corrected chi connectivity index (χ2v) is 3.38. The van der Waals surface area contributed by atoms with Crippen molar-refractivity contribution in [2.75, 3.05) is 0 Å². The van der Waals surface area contributed by atoms with Crippen LogP contribution in [0.1, 0.15) is 17.7 Å². The Labute approximate surface area is 71.6 Å². The number of hydrogen-bond acceptors (Lipinski definition) is 1. The molecule has 0 aliphatic rings. The highest BCUT2D eigenvalue weighted by Crippen LogP contribution is 2.25. The third-order valence-electron chi connectivity index (χ3n) is 1.36. The van der Waals surface area contributed by atoms with E-state index in [2.05, 4.69) is 12.6 Å². The molecule has 0 aliphatic heterocycles. The largest absolute Gasteiger partial charge is 0.171 e. The fourth-order valence-electron chi connectivity index (χ4n) is 0.814. The van der Waals surface area contributed by atoms with Gasteiger partial charge < -0.3 is 0 Å². The average Bonchev–Trinajstić information content (AvgIpc) is 1.88. The molecule has 0 aliphatic carbocycles. The summed E-state index contributed by atoms with van der Waals surface area (Å²) in [5.74, 6) is 0. The van der Waals surface area contributed by atoms with E-state index in [-0.39, 0.29) is 5.25 Å². The van der Waals surface area contributed by atoms with Gasteiger partial charge in [-0.2, -0.15) is 12.6 Å². The molecule has 0 bridgehead atoms. The lowest BCUT2D eigenvalue weighted by molar-refractivity contribution is 1.11. The van der Waals surface area contributed by atoms with Gasteiger partial charge in [0.25, 0.3) is 0 Å². The Hall–Kier alpha value is -0.140. The zero-order chi connectivity index (χ0) is 7.56. The summed E-state index contributed by atoms with van der Waals surface area (Å²) in [4.78, 5) is 0. The highest BCUT2D eigenvalue weighted by Gasteiger charge is 2.02. The maximum atomic E-state index is 5.87. The van der Waals surface area contributed by atoms with Crippen LogP contribution in [0.5, 0.6) is 0 Å². The molecule has 0 amide bonds. The molecule has 0 N–H and O–H groups in total. The van der Waals surface area contributed by atoms with Gasteiger partial charge in [0.05, 0.1) is 0 Å². The highest BCUT2D eigenvalue weighted by molar-refractivity contribution is 7.80. The van der Waals surface area contributed by atoms with Gasteiger partial charge in [0, 0.05) is 10.3 Å². The number of benzene rings is 1. The molecule has 54 valence electrons. The fourth-order valence-corrected chi connectivity index (χ4v) is 1.41. The molecule has 0 saturated carbocycles. The van der Waals surface area contributed by atoms with Crippen molar-refractivity contribution in [3.05, 3.63) is 34.9 Å². The van der Waals surface area contributed by atoms with E-state index < -0.39 is 0 Å². The molecule has 0 radical (unpaired) electrons. The van der Waals surface area contributed by atoms with Crippen molar-refractivity contribution in [2.45, 2.75) is 12.2 Å². The van der Waals surface area contributed by atoms with Gasteiger partial charge in [0.15, 0.2) is 0 Å². The van der Waals surface area contributed by atoms with E-state index in [1.807, 2.05) is 31.2 Å². The summed E-state index contributed by atoms with van der Waals surface area (Å²) in [7, 11) is 0. The molecule has 0 saturated heterocycles. The van der Waals surface area contributed by atoms with Crippen LogP contribution in [0.2, 0.25) is 5.02 Å². The van der Waals surface area contributed by atoms with Crippen LogP contribution >= 0.6 is 24.2 Å². The van der Waals surface area contributed by atoms with E-state index in [0.29, 0.717) is 0 Å². The van der Waals surface area contributed by atoms with Gasteiger partial charge in [-0.15, -0.1) is 0 Å². The van der Waals surface area contributed by atoms with Gasteiger partial charge in [0.1, 0.15) is 0 Å². The molecule has 10 heavy (non-hydrogen) atoms. The van der Waals surface area contributed by atoms with Crippen LogP contribution in [-0.2, 0) is 0 Å². The Morgan fingerprint density at radius 1 is 1.40 bits per heavy atom. The second-order valence-electron chi connectivity index (χ2n) is 2.20. The molecule has 1 aromatic rings. The molecule has 0 aromatic heterocycles. The molecule has 1 unspecified atom stereocenters. The first-order chi connectivity index (χ1) is 4.72. The number of halogens is 1. The van der Waals surface area contributed by atoms with Crippen molar-refractivity contribution >= 4 is 24.2 Å². The van der Waals surface area contributed by atoms with Crippen molar-refractivity contribution in [1.29, 1.82) is 0 Å². The Kier molecular flexibility index (Phi) is 2.64. The summed E-state index contributed by atoms with van der Waals surface area (Å²) in [5, 5.41) is 1.01. The van der Waals surface area contributed by atoms with Crippen molar-refractivity contribution in [3.8, 4) is 0 Å². The first-order valence-corrected chi connectivity index (χ1v) is 4.03. The van der Waals surface area contributed by atoms with Crippen LogP contribution in [-0.4, -0.2) is 0 Å². The standard InChI is InChI=1S/C8H9ClS/c1-6(10)7-4-2-3-5-8(7)9/h2-6,10H,1H3. The molecule has 0 fully saturated rings. The van der Waals surface area contributed by atoms with Gasteiger partial charge in [0.2, 0.25) is 0 Å². The molecule has 0 spiro atoms. The maximum absolute atomic E-state index is 5.87. The van der Waals surface area contributed by atoms with Gasteiger partial charge >= 0.3 is 0 Å². The summed E-state index contributed by atoms with van der Waals surface area (Å²) in [6.07, 6.45) is 0. The number of hydrogen-bond donors (Lipinski definition) is 1. The van der Waals surface area contributed by atoms with Crippen LogP contribution in [0, 0.1) is 0 Å². The lowest BCUT2D eigenvalue weighted by atomic mass is 10.2. The number of thiol groups is 1. The monoisotopic (exact) mass is 172 g/mol. The molecule has 1 aromatic carbocycles. The average molecular weight is 173 g/mol. The second kappa shape index (κ2) is 3.31. The lowest BCUT2D eigenvalue weighted by Gasteiger charge is -2.04. The maximum Gasteiger partial charge on any atom is 0.0449 e. The van der Waals surface area contributed by atoms with Gasteiger partial charge in [-0.1, -0.05) is 29.8 Å². The fraction of sp³-hybridized carbons (Fsp3) is 0.250. The normalized spacial score (nSPS) is 13.1. The first kappa shape index (κ1) is 7.96. The van der Waals surface area contributed by atoms with E-state index in [0.717, 1.165) is 10.6 Å². The molecule has 1 atom stereocenters. The van der Waals surface area contributed by atoms with Crippen LogP contribution in [0.25, 0.3) is 0 Å². The molecule has 1 rings (SSSR count). The Bertz CT molecular complexity index is 220. The van der Waals surface area contributed by atoms with Gasteiger partial charge in [-0.3, -0.25) is 0 Å². The highest BCUT2D eigenvalue weighted by atomic mass is 35.5. The summed E-state index contributed by atoms with van der Waals surface area (Å²) in [6.45, 7) is 2.00. The zero-order valence-corrected chi connectivity index (χ0v) is 7.36. The minimum Gasteiger partial charge on any atom is -0.171 e. The third kappa shape index (κ3) is 1.68. The van der Waals surface area contributed by atoms with Crippen LogP contribution in [0.15, 0.2) is 24.3 Å². The summed E-state index contributed by atoms with van der Waals surface area (Å²) in [6, 6.07) is 7.75. The molecular weight excluding hydrogens is 164 g/mol. The molecule has 0 nitrogen and oxygen atoms in total. The van der Waals surface area contributed by atoms with E-state index in [1.54, 1.807) is 0 Å². The van der Waals surface area contributed by atoms with E-state index in [4.69, 9.17) is 11.6 Å². The van der Waals surface area contributed by atoms with Gasteiger partial charge in [-0.25, -0.2) is 0 Å². The summed E-state index contributed by atoms with van der Waals surface area (Å²) < 4.78 is 0. The Morgan fingerprint density at radius 2 is 2.00 bits per heavy atom. The van der Waals surface area contributed by atoms with Crippen LogP contribution in [0.3, 0.4) is 0 Å². The van der Waals surface area contributed by atoms with E-state index >= 15 is 0 Å². The first-order valence-electron chi connectivity index (χ1n) is 3.14. The number of rotatable bonds is 1. The van der Waals surface area contributed by atoms with Crippen LogP contribution < -0.4 is 0 Å². The predicted molar refractivity (Wildman–Crippen MR) is 48.9 cm³/mol. The van der Waals surface area contributed by atoms with E-state index in [9.17, 15) is 0 Å². The third-order valence-corrected chi connectivity index (χ3v) is 1.98. The summed E-state index contributed by atoms with van der Waals surface area (Å²) in [5.41, 5.74) is 1.09. The van der Waals surface area contributed by atoms with Crippen molar-refractivity contribution < 1.29 is 0 Å². The Morgan fingerprint density at radius 3 is 2.40 bits per heavy atom. The molecular formula is C8H9ClS. The minimum atomic E-state index is 0.216. The van der Waals surface area contributed by atoms with Crippen molar-refractivity contribution in [2.24, 2.45) is 0 Å². The molecule has 2 heteroatoms. The SMILES string of the molecule is CC(S)c1ccccc1Cl. The van der Waals surface area contributed by atoms with Gasteiger partial charge in [-0.05, 0) is 18.6 Å². The summed E-state index contributed by atoms with van der Waals surface area (Å²) >= 11 is 10.1.